The lowest BCUT2D eigenvalue weighted by molar-refractivity contribution is -0.126. The molecular weight excluding hydrogens is 330 g/mol. The number of hydrogen-bond donors (Lipinski definition) is 1. The lowest BCUT2D eigenvalue weighted by atomic mass is 9.83. The van der Waals surface area contributed by atoms with Crippen molar-refractivity contribution in [3.05, 3.63) is 53.6 Å². The van der Waals surface area contributed by atoms with Gasteiger partial charge in [0.1, 0.15) is 25.6 Å². The second-order valence-electron chi connectivity index (χ2n) is 7.28. The summed E-state index contributed by atoms with van der Waals surface area (Å²) in [6.45, 7) is 5.41. The highest BCUT2D eigenvalue weighted by Gasteiger charge is 2.33. The summed E-state index contributed by atoms with van der Waals surface area (Å²) in [4.78, 5) is 13.0. The van der Waals surface area contributed by atoms with Gasteiger partial charge in [0.05, 0.1) is 11.5 Å². The van der Waals surface area contributed by atoms with Crippen LogP contribution in [0.15, 0.2) is 42.5 Å². The van der Waals surface area contributed by atoms with E-state index in [-0.39, 0.29) is 11.9 Å². The van der Waals surface area contributed by atoms with Crippen LogP contribution in [0.2, 0.25) is 0 Å². The maximum absolute atomic E-state index is 13.0. The molecule has 0 bridgehead atoms. The van der Waals surface area contributed by atoms with Gasteiger partial charge in [0.25, 0.3) is 0 Å². The van der Waals surface area contributed by atoms with Gasteiger partial charge in [-0.25, -0.2) is 0 Å². The van der Waals surface area contributed by atoms with Crippen LogP contribution in [0.5, 0.6) is 17.2 Å². The van der Waals surface area contributed by atoms with E-state index in [4.69, 9.17) is 14.2 Å². The smallest absolute Gasteiger partial charge is 0.230 e. The van der Waals surface area contributed by atoms with Crippen LogP contribution in [0.4, 0.5) is 0 Å². The van der Waals surface area contributed by atoms with Gasteiger partial charge in [0.15, 0.2) is 11.5 Å². The molecule has 0 aromatic heterocycles. The van der Waals surface area contributed by atoms with Crippen molar-refractivity contribution in [1.82, 2.24) is 5.32 Å². The summed E-state index contributed by atoms with van der Waals surface area (Å²) >= 11 is 0. The Balaban J connectivity index is 1.49. The number of benzene rings is 2. The highest BCUT2D eigenvalue weighted by Crippen LogP contribution is 2.35. The molecule has 4 rings (SSSR count). The molecule has 0 saturated heterocycles. The van der Waals surface area contributed by atoms with Crippen LogP contribution in [0.25, 0.3) is 0 Å². The largest absolute Gasteiger partial charge is 0.491 e. The number of amides is 1. The standard InChI is InChI=1S/C21H23NO4/c1-21(2,15-7-8-18-19(12-15)25-10-9-24-18)20(23)22-16-11-14-5-3-4-6-17(14)26-13-16/h3-8,12,16H,9-11,13H2,1-2H3,(H,22,23)/t16-/m0/s1. The SMILES string of the molecule is CC(C)(C(=O)N[C@@H]1COc2ccccc2C1)c1ccc2c(c1)OCCO2. The Morgan fingerprint density at radius 2 is 1.77 bits per heavy atom. The minimum Gasteiger partial charge on any atom is -0.491 e. The predicted molar refractivity (Wildman–Crippen MR) is 98.0 cm³/mol. The summed E-state index contributed by atoms with van der Waals surface area (Å²) in [6, 6.07) is 13.6. The first-order valence-corrected chi connectivity index (χ1v) is 8.96. The number of carbonyl (C=O) groups is 1. The fraction of sp³-hybridized carbons (Fsp3) is 0.381. The first-order valence-electron chi connectivity index (χ1n) is 8.96. The fourth-order valence-corrected chi connectivity index (χ4v) is 3.35. The Morgan fingerprint density at radius 3 is 2.62 bits per heavy atom. The number of hydrogen-bond acceptors (Lipinski definition) is 4. The molecule has 1 atom stereocenters. The zero-order valence-electron chi connectivity index (χ0n) is 15.1. The normalized spacial score (nSPS) is 18.5. The van der Waals surface area contributed by atoms with E-state index < -0.39 is 5.41 Å². The van der Waals surface area contributed by atoms with Crippen LogP contribution in [0, 0.1) is 0 Å². The quantitative estimate of drug-likeness (QED) is 0.922. The Bertz CT molecular complexity index is 831. The van der Waals surface area contributed by atoms with Gasteiger partial charge in [-0.1, -0.05) is 24.3 Å². The number of ether oxygens (including phenoxy) is 3. The topological polar surface area (TPSA) is 56.8 Å². The maximum Gasteiger partial charge on any atom is 0.230 e. The lowest BCUT2D eigenvalue weighted by Crippen LogP contribution is -2.49. The molecule has 5 heteroatoms. The molecule has 1 N–H and O–H groups in total. The van der Waals surface area contributed by atoms with Gasteiger partial charge < -0.3 is 19.5 Å². The molecule has 2 aromatic rings. The highest BCUT2D eigenvalue weighted by atomic mass is 16.6. The Morgan fingerprint density at radius 1 is 1.00 bits per heavy atom. The minimum atomic E-state index is -0.688. The van der Waals surface area contributed by atoms with E-state index >= 15 is 0 Å². The van der Waals surface area contributed by atoms with Crippen molar-refractivity contribution in [1.29, 1.82) is 0 Å². The summed E-state index contributed by atoms with van der Waals surface area (Å²) in [5.74, 6) is 2.31. The summed E-state index contributed by atoms with van der Waals surface area (Å²) < 4.78 is 17.0. The van der Waals surface area contributed by atoms with Gasteiger partial charge in [-0.2, -0.15) is 0 Å². The second kappa shape index (κ2) is 6.56. The first-order chi connectivity index (χ1) is 12.5. The van der Waals surface area contributed by atoms with Crippen molar-refractivity contribution in [2.75, 3.05) is 19.8 Å². The third kappa shape index (κ3) is 3.09. The third-order valence-electron chi connectivity index (χ3n) is 5.05. The van der Waals surface area contributed by atoms with Gasteiger partial charge in [0, 0.05) is 0 Å². The molecule has 0 spiro atoms. The highest BCUT2D eigenvalue weighted by molar-refractivity contribution is 5.87. The van der Waals surface area contributed by atoms with Crippen molar-refractivity contribution >= 4 is 5.91 Å². The molecule has 5 nitrogen and oxygen atoms in total. The number of para-hydroxylation sites is 1. The fourth-order valence-electron chi connectivity index (χ4n) is 3.35. The Kier molecular flexibility index (Phi) is 4.23. The van der Waals surface area contributed by atoms with E-state index in [0.717, 1.165) is 29.0 Å². The molecule has 0 aliphatic carbocycles. The van der Waals surface area contributed by atoms with Crippen LogP contribution in [-0.2, 0) is 16.6 Å². The summed E-state index contributed by atoms with van der Waals surface area (Å²) in [6.07, 6.45) is 0.777. The molecular formula is C21H23NO4. The van der Waals surface area contributed by atoms with Crippen LogP contribution >= 0.6 is 0 Å². The van der Waals surface area contributed by atoms with Crippen molar-refractivity contribution < 1.29 is 19.0 Å². The van der Waals surface area contributed by atoms with Gasteiger partial charge in [-0.3, -0.25) is 4.79 Å². The van der Waals surface area contributed by atoms with E-state index in [1.807, 2.05) is 56.3 Å². The number of rotatable bonds is 3. The van der Waals surface area contributed by atoms with Crippen LogP contribution in [0.3, 0.4) is 0 Å². The maximum atomic E-state index is 13.0. The van der Waals surface area contributed by atoms with Gasteiger partial charge in [0.2, 0.25) is 5.91 Å². The minimum absolute atomic E-state index is 0.0258. The molecule has 2 aromatic carbocycles. The molecule has 2 heterocycles. The zero-order chi connectivity index (χ0) is 18.1. The van der Waals surface area contributed by atoms with Crippen LogP contribution in [-0.4, -0.2) is 31.8 Å². The first kappa shape index (κ1) is 16.8. The van der Waals surface area contributed by atoms with Crippen LogP contribution in [0.1, 0.15) is 25.0 Å². The molecule has 1 amide bonds. The van der Waals surface area contributed by atoms with Gasteiger partial charge >= 0.3 is 0 Å². The van der Waals surface area contributed by atoms with Crippen molar-refractivity contribution in [3.8, 4) is 17.2 Å². The van der Waals surface area contributed by atoms with Gasteiger partial charge in [-0.05, 0) is 49.6 Å². The summed E-state index contributed by atoms with van der Waals surface area (Å²) in [5, 5.41) is 3.14. The van der Waals surface area contributed by atoms with E-state index in [1.165, 1.54) is 0 Å². The number of fused-ring (bicyclic) bond motifs is 2. The number of nitrogens with one attached hydrogen (secondary N) is 1. The monoisotopic (exact) mass is 353 g/mol. The van der Waals surface area contributed by atoms with Crippen molar-refractivity contribution in [2.24, 2.45) is 0 Å². The average Bonchev–Trinajstić information content (AvgIpc) is 2.67. The van der Waals surface area contributed by atoms with Crippen molar-refractivity contribution in [3.63, 3.8) is 0 Å². The molecule has 0 unspecified atom stereocenters. The Labute approximate surface area is 153 Å². The predicted octanol–water partition coefficient (Wildman–Crippen LogP) is 2.86. The summed E-state index contributed by atoms with van der Waals surface area (Å²) in [7, 11) is 0. The molecule has 26 heavy (non-hydrogen) atoms. The van der Waals surface area contributed by atoms with E-state index in [2.05, 4.69) is 5.32 Å². The third-order valence-corrected chi connectivity index (χ3v) is 5.05. The lowest BCUT2D eigenvalue weighted by Gasteiger charge is -2.31. The number of carbonyl (C=O) groups excluding carboxylic acids is 1. The Hall–Kier alpha value is -2.69. The zero-order valence-corrected chi connectivity index (χ0v) is 15.1. The van der Waals surface area contributed by atoms with Crippen molar-refractivity contribution in [2.45, 2.75) is 31.7 Å². The van der Waals surface area contributed by atoms with Crippen LogP contribution < -0.4 is 19.5 Å². The van der Waals surface area contributed by atoms with E-state index in [1.54, 1.807) is 0 Å². The molecule has 0 radical (unpaired) electrons. The average molecular weight is 353 g/mol. The molecule has 136 valence electrons. The molecule has 2 aliphatic heterocycles. The van der Waals surface area contributed by atoms with Gasteiger partial charge in [-0.15, -0.1) is 0 Å². The molecule has 0 fully saturated rings. The van der Waals surface area contributed by atoms with E-state index in [0.29, 0.717) is 25.6 Å². The second-order valence-corrected chi connectivity index (χ2v) is 7.28. The summed E-state index contributed by atoms with van der Waals surface area (Å²) in [5.41, 5.74) is 1.34. The molecule has 2 aliphatic rings. The van der Waals surface area contributed by atoms with E-state index in [9.17, 15) is 4.79 Å². The molecule has 0 saturated carbocycles.